The van der Waals surface area contributed by atoms with Crippen molar-refractivity contribution in [2.45, 2.75) is 26.9 Å². The van der Waals surface area contributed by atoms with Crippen molar-refractivity contribution in [3.8, 4) is 0 Å². The zero-order valence-corrected chi connectivity index (χ0v) is 22.9. The molecular weight excluding hydrogens is 506 g/mol. The van der Waals surface area contributed by atoms with Crippen LogP contribution in [0.3, 0.4) is 0 Å². The highest BCUT2D eigenvalue weighted by atomic mass is 16.2. The summed E-state index contributed by atoms with van der Waals surface area (Å²) in [7, 11) is 0. The van der Waals surface area contributed by atoms with Crippen molar-refractivity contribution in [1.29, 1.82) is 0 Å². The molecule has 1 unspecified atom stereocenters. The number of aromatic nitrogens is 1. The third kappa shape index (κ3) is 5.80. The summed E-state index contributed by atoms with van der Waals surface area (Å²) in [6, 6.07) is 18.3. The Balaban J connectivity index is 1.34. The lowest BCUT2D eigenvalue weighted by Gasteiger charge is -2.36. The first-order chi connectivity index (χ1) is 19.3. The van der Waals surface area contributed by atoms with Gasteiger partial charge < -0.3 is 20.4 Å². The van der Waals surface area contributed by atoms with E-state index in [1.165, 1.54) is 4.90 Å². The van der Waals surface area contributed by atoms with Crippen molar-refractivity contribution in [1.82, 2.24) is 15.2 Å². The molecule has 5 rings (SSSR count). The number of fused-ring (bicyclic) bond motifs is 1. The Labute approximate surface area is 233 Å². The highest BCUT2D eigenvalue weighted by molar-refractivity contribution is 6.14. The topological polar surface area (TPSA) is 110 Å². The summed E-state index contributed by atoms with van der Waals surface area (Å²) in [5, 5.41) is 5.47. The molecule has 3 aromatic rings. The van der Waals surface area contributed by atoms with Crippen LogP contribution in [0.25, 0.3) is 0 Å². The number of benzene rings is 2. The van der Waals surface area contributed by atoms with Crippen LogP contribution in [-0.2, 0) is 9.59 Å². The van der Waals surface area contributed by atoms with Gasteiger partial charge in [-0.25, -0.2) is 9.78 Å². The number of amides is 4. The number of pyridine rings is 1. The summed E-state index contributed by atoms with van der Waals surface area (Å²) in [5.41, 5.74) is 4.44. The van der Waals surface area contributed by atoms with E-state index in [2.05, 4.69) is 25.5 Å². The number of aryl methyl sites for hydroxylation is 2. The number of rotatable bonds is 5. The molecule has 0 radical (unpaired) electrons. The maximum atomic E-state index is 13.9. The summed E-state index contributed by atoms with van der Waals surface area (Å²) in [4.78, 5) is 54.7. The Morgan fingerprint density at radius 2 is 1.73 bits per heavy atom. The first-order valence-corrected chi connectivity index (χ1v) is 13.3. The standard InChI is InChI=1S/C30H33N7O3/c1-20-8-6-10-23(18-20)33-30(40)34-28-29(39)37(27-21(2)9-7-11-24(27)22(3)32-28)19-26(38)36-16-14-35(15-17-36)25-12-4-5-13-31-25/h4-13,18,28H,14-17,19H2,1-3H3,(H2,33,34,40). The fourth-order valence-electron chi connectivity index (χ4n) is 5.11. The van der Waals surface area contributed by atoms with Gasteiger partial charge in [-0.15, -0.1) is 0 Å². The molecule has 10 heteroatoms. The molecule has 1 saturated heterocycles. The van der Waals surface area contributed by atoms with Crippen LogP contribution in [-0.4, -0.2) is 72.3 Å². The predicted octanol–water partition coefficient (Wildman–Crippen LogP) is 3.35. The van der Waals surface area contributed by atoms with E-state index in [4.69, 9.17) is 0 Å². The minimum atomic E-state index is -1.19. The molecule has 2 aromatic carbocycles. The van der Waals surface area contributed by atoms with Crippen LogP contribution in [0.4, 0.5) is 22.0 Å². The molecule has 0 spiro atoms. The number of piperazine rings is 1. The van der Waals surface area contributed by atoms with Crippen molar-refractivity contribution in [3.05, 3.63) is 83.6 Å². The van der Waals surface area contributed by atoms with Gasteiger partial charge in [0.2, 0.25) is 12.1 Å². The van der Waals surface area contributed by atoms with Crippen molar-refractivity contribution in [3.63, 3.8) is 0 Å². The minimum Gasteiger partial charge on any atom is -0.353 e. The summed E-state index contributed by atoms with van der Waals surface area (Å²) in [6.07, 6.45) is 0.568. The summed E-state index contributed by atoms with van der Waals surface area (Å²) < 4.78 is 0. The number of nitrogens with zero attached hydrogens (tertiary/aromatic N) is 5. The minimum absolute atomic E-state index is 0.152. The van der Waals surface area contributed by atoms with Gasteiger partial charge in [-0.3, -0.25) is 19.5 Å². The molecule has 2 aliphatic heterocycles. The zero-order chi connectivity index (χ0) is 28.2. The molecule has 1 aromatic heterocycles. The Bertz CT molecular complexity index is 1450. The first-order valence-electron chi connectivity index (χ1n) is 13.3. The van der Waals surface area contributed by atoms with Gasteiger partial charge in [0.15, 0.2) is 0 Å². The van der Waals surface area contributed by atoms with Gasteiger partial charge in [0.25, 0.3) is 5.91 Å². The van der Waals surface area contributed by atoms with Gasteiger partial charge in [-0.1, -0.05) is 36.4 Å². The number of aliphatic imine (C=N–C) groups is 1. The maximum Gasteiger partial charge on any atom is 0.321 e. The van der Waals surface area contributed by atoms with Gasteiger partial charge in [0, 0.05) is 49.3 Å². The second-order valence-electron chi connectivity index (χ2n) is 10.0. The quantitative estimate of drug-likeness (QED) is 0.517. The molecular formula is C30H33N7O3. The Hall–Kier alpha value is -4.73. The Morgan fingerprint density at radius 1 is 0.950 bits per heavy atom. The van der Waals surface area contributed by atoms with Crippen molar-refractivity contribution in [2.24, 2.45) is 4.99 Å². The molecule has 2 aliphatic rings. The molecule has 1 atom stereocenters. The molecule has 2 N–H and O–H groups in total. The van der Waals surface area contributed by atoms with Crippen LogP contribution >= 0.6 is 0 Å². The van der Waals surface area contributed by atoms with Crippen molar-refractivity contribution < 1.29 is 14.4 Å². The smallest absolute Gasteiger partial charge is 0.321 e. The number of carbonyl (C=O) groups excluding carboxylic acids is 3. The predicted molar refractivity (Wildman–Crippen MR) is 156 cm³/mol. The molecule has 40 heavy (non-hydrogen) atoms. The van der Waals surface area contributed by atoms with E-state index in [-0.39, 0.29) is 12.5 Å². The molecule has 10 nitrogen and oxygen atoms in total. The van der Waals surface area contributed by atoms with Gasteiger partial charge in [-0.2, -0.15) is 0 Å². The Morgan fingerprint density at radius 3 is 2.45 bits per heavy atom. The highest BCUT2D eigenvalue weighted by Gasteiger charge is 2.35. The van der Waals surface area contributed by atoms with Crippen LogP contribution in [0, 0.1) is 13.8 Å². The number of urea groups is 1. The zero-order valence-electron chi connectivity index (χ0n) is 22.9. The lowest BCUT2D eigenvalue weighted by Crippen LogP contribution is -2.54. The fraction of sp³-hybridized carbons (Fsp3) is 0.300. The SMILES string of the molecule is CC1=NC(NC(=O)Nc2cccc(C)c2)C(=O)N(CC(=O)N2CCN(c3ccccn3)CC2)c2c(C)cccc21. The number of hydrogen-bond acceptors (Lipinski definition) is 6. The summed E-state index contributed by atoms with van der Waals surface area (Å²) in [6.45, 7) is 7.83. The number of para-hydroxylation sites is 1. The molecule has 1 fully saturated rings. The normalized spacial score (nSPS) is 17.1. The lowest BCUT2D eigenvalue weighted by atomic mass is 10.0. The fourth-order valence-corrected chi connectivity index (χ4v) is 5.11. The average molecular weight is 540 g/mol. The van der Waals surface area contributed by atoms with Crippen LogP contribution in [0.1, 0.15) is 23.6 Å². The molecule has 0 bridgehead atoms. The third-order valence-electron chi connectivity index (χ3n) is 7.16. The molecule has 3 heterocycles. The monoisotopic (exact) mass is 539 g/mol. The van der Waals surface area contributed by atoms with E-state index >= 15 is 0 Å². The maximum absolute atomic E-state index is 13.9. The van der Waals surface area contributed by atoms with Gasteiger partial charge in [-0.05, 0) is 56.2 Å². The van der Waals surface area contributed by atoms with E-state index in [0.717, 1.165) is 22.5 Å². The van der Waals surface area contributed by atoms with Crippen molar-refractivity contribution >= 4 is 40.7 Å². The number of nitrogens with one attached hydrogen (secondary N) is 2. The summed E-state index contributed by atoms with van der Waals surface area (Å²) in [5.74, 6) is 0.255. The number of benzodiazepines with no additional fused rings is 1. The molecule has 4 amide bonds. The lowest BCUT2D eigenvalue weighted by molar-refractivity contribution is -0.131. The van der Waals surface area contributed by atoms with E-state index in [9.17, 15) is 14.4 Å². The van der Waals surface area contributed by atoms with Gasteiger partial charge >= 0.3 is 6.03 Å². The number of carbonyl (C=O) groups is 3. The van der Waals surface area contributed by atoms with Gasteiger partial charge in [0.1, 0.15) is 12.4 Å². The van der Waals surface area contributed by atoms with E-state index in [1.54, 1.807) is 24.1 Å². The molecule has 0 aliphatic carbocycles. The van der Waals surface area contributed by atoms with Crippen LogP contribution in [0.5, 0.6) is 0 Å². The molecule has 0 saturated carbocycles. The van der Waals surface area contributed by atoms with Gasteiger partial charge in [0.05, 0.1) is 5.69 Å². The van der Waals surface area contributed by atoms with Crippen molar-refractivity contribution in [2.75, 3.05) is 47.8 Å². The average Bonchev–Trinajstić information content (AvgIpc) is 3.04. The second kappa shape index (κ2) is 11.6. The first kappa shape index (κ1) is 26.9. The third-order valence-corrected chi connectivity index (χ3v) is 7.16. The largest absolute Gasteiger partial charge is 0.353 e. The van der Waals surface area contributed by atoms with Crippen LogP contribution < -0.4 is 20.4 Å². The van der Waals surface area contributed by atoms with Crippen LogP contribution in [0.15, 0.2) is 71.9 Å². The Kier molecular flexibility index (Phi) is 7.77. The highest BCUT2D eigenvalue weighted by Crippen LogP contribution is 2.29. The molecule has 206 valence electrons. The second-order valence-corrected chi connectivity index (χ2v) is 10.0. The number of anilines is 3. The van der Waals surface area contributed by atoms with Crippen LogP contribution in [0.2, 0.25) is 0 Å². The van der Waals surface area contributed by atoms with E-state index in [0.29, 0.717) is 43.3 Å². The van der Waals surface area contributed by atoms with E-state index in [1.807, 2.05) is 68.4 Å². The number of hydrogen-bond donors (Lipinski definition) is 2. The summed E-state index contributed by atoms with van der Waals surface area (Å²) >= 11 is 0. The van der Waals surface area contributed by atoms with E-state index < -0.39 is 18.1 Å².